The number of hydrogen-bond acceptors (Lipinski definition) is 5. The van der Waals surface area contributed by atoms with Crippen molar-refractivity contribution in [2.75, 3.05) is 37.4 Å². The Morgan fingerprint density at radius 1 is 1.53 bits per heavy atom. The number of rotatable bonds is 6. The molecule has 0 fully saturated rings. The molecule has 0 radical (unpaired) electrons. The Balaban J connectivity index is 2.67. The van der Waals surface area contributed by atoms with Crippen molar-refractivity contribution in [3.05, 3.63) is 10.7 Å². The van der Waals surface area contributed by atoms with E-state index in [1.807, 2.05) is 7.05 Å². The molecule has 0 unspecified atom stereocenters. The van der Waals surface area contributed by atoms with Crippen molar-refractivity contribution in [1.29, 1.82) is 0 Å². The van der Waals surface area contributed by atoms with Gasteiger partial charge in [0.25, 0.3) is 0 Å². The Morgan fingerprint density at radius 2 is 2.21 bits per heavy atom. The number of nitrogens with zero attached hydrogens (tertiary/aromatic N) is 3. The quantitative estimate of drug-likeness (QED) is 0.827. The van der Waals surface area contributed by atoms with Gasteiger partial charge in [0.2, 0.25) is 11.9 Å². The van der Waals surface area contributed by atoms with Crippen LogP contribution in [0.15, 0.2) is 10.7 Å². The second-order valence-electron chi connectivity index (χ2n) is 4.67. The molecule has 0 aliphatic rings. The van der Waals surface area contributed by atoms with Gasteiger partial charge < -0.3 is 15.5 Å². The van der Waals surface area contributed by atoms with E-state index in [0.717, 1.165) is 4.47 Å². The highest BCUT2D eigenvalue weighted by molar-refractivity contribution is 9.10. The largest absolute Gasteiger partial charge is 0.357 e. The number of aromatic nitrogens is 2. The molecule has 1 heterocycles. The first-order valence-corrected chi connectivity index (χ1v) is 6.91. The molecule has 0 spiro atoms. The summed E-state index contributed by atoms with van der Waals surface area (Å²) >= 11 is 3.39. The Labute approximate surface area is 122 Å². The molecule has 19 heavy (non-hydrogen) atoms. The van der Waals surface area contributed by atoms with Crippen molar-refractivity contribution in [1.82, 2.24) is 15.3 Å². The van der Waals surface area contributed by atoms with Gasteiger partial charge in [-0.1, -0.05) is 13.8 Å². The van der Waals surface area contributed by atoms with Gasteiger partial charge in [-0.05, 0) is 21.8 Å². The summed E-state index contributed by atoms with van der Waals surface area (Å²) in [5.74, 6) is 1.62. The van der Waals surface area contributed by atoms with Crippen LogP contribution in [-0.2, 0) is 4.79 Å². The molecule has 6 nitrogen and oxygen atoms in total. The van der Waals surface area contributed by atoms with Gasteiger partial charge in [-0.15, -0.1) is 0 Å². The number of carbonyl (C=O) groups is 1. The van der Waals surface area contributed by atoms with E-state index in [0.29, 0.717) is 24.2 Å². The first-order valence-electron chi connectivity index (χ1n) is 6.12. The summed E-state index contributed by atoms with van der Waals surface area (Å²) in [4.78, 5) is 21.9. The van der Waals surface area contributed by atoms with E-state index in [4.69, 9.17) is 0 Å². The summed E-state index contributed by atoms with van der Waals surface area (Å²) < 4.78 is 0.755. The van der Waals surface area contributed by atoms with E-state index in [9.17, 15) is 4.79 Å². The van der Waals surface area contributed by atoms with E-state index in [-0.39, 0.29) is 12.5 Å². The van der Waals surface area contributed by atoms with Crippen LogP contribution in [0.3, 0.4) is 0 Å². The third-order valence-electron chi connectivity index (χ3n) is 2.40. The minimum atomic E-state index is -0.0206. The zero-order chi connectivity index (χ0) is 14.4. The smallest absolute Gasteiger partial charge is 0.239 e. The van der Waals surface area contributed by atoms with Crippen LogP contribution in [0.25, 0.3) is 0 Å². The Kier molecular flexibility index (Phi) is 6.01. The molecule has 1 aromatic heterocycles. The summed E-state index contributed by atoms with van der Waals surface area (Å²) in [6, 6.07) is 0. The van der Waals surface area contributed by atoms with Crippen LogP contribution in [0.5, 0.6) is 0 Å². The number of amides is 1. The summed E-state index contributed by atoms with van der Waals surface area (Å²) in [7, 11) is 3.57. The van der Waals surface area contributed by atoms with Crippen molar-refractivity contribution < 1.29 is 4.79 Å². The van der Waals surface area contributed by atoms with Crippen LogP contribution in [0, 0.1) is 5.92 Å². The maximum Gasteiger partial charge on any atom is 0.239 e. The molecule has 1 aromatic rings. The van der Waals surface area contributed by atoms with Gasteiger partial charge in [-0.25, -0.2) is 4.98 Å². The molecular weight excluding hydrogens is 310 g/mol. The lowest BCUT2D eigenvalue weighted by molar-refractivity contribution is -0.119. The van der Waals surface area contributed by atoms with Crippen molar-refractivity contribution in [2.24, 2.45) is 5.92 Å². The molecule has 0 atom stereocenters. The Morgan fingerprint density at radius 3 is 2.79 bits per heavy atom. The van der Waals surface area contributed by atoms with Gasteiger partial charge >= 0.3 is 0 Å². The topological polar surface area (TPSA) is 70.2 Å². The SMILES string of the molecule is CNc1ncc(Br)c(N(C)CC(=O)NCC(C)C)n1. The molecule has 7 heteroatoms. The van der Waals surface area contributed by atoms with Gasteiger partial charge in [-0.2, -0.15) is 4.98 Å². The van der Waals surface area contributed by atoms with Crippen LogP contribution in [0.2, 0.25) is 0 Å². The summed E-state index contributed by atoms with van der Waals surface area (Å²) in [6.07, 6.45) is 1.66. The molecule has 0 saturated heterocycles. The van der Waals surface area contributed by atoms with E-state index < -0.39 is 0 Å². The first kappa shape index (κ1) is 15.7. The fraction of sp³-hybridized carbons (Fsp3) is 0.583. The second-order valence-corrected chi connectivity index (χ2v) is 5.52. The third-order valence-corrected chi connectivity index (χ3v) is 2.96. The third kappa shape index (κ3) is 5.02. The molecule has 0 saturated carbocycles. The molecule has 2 N–H and O–H groups in total. The molecule has 0 aliphatic heterocycles. The molecule has 1 amide bonds. The summed E-state index contributed by atoms with van der Waals surface area (Å²) in [6.45, 7) is 5.05. The second kappa shape index (κ2) is 7.28. The predicted molar refractivity (Wildman–Crippen MR) is 80.4 cm³/mol. The number of halogens is 1. The number of nitrogens with one attached hydrogen (secondary N) is 2. The molecule has 0 bridgehead atoms. The molecule has 1 rings (SSSR count). The lowest BCUT2D eigenvalue weighted by Crippen LogP contribution is -2.37. The highest BCUT2D eigenvalue weighted by Crippen LogP contribution is 2.22. The lowest BCUT2D eigenvalue weighted by atomic mass is 10.2. The van der Waals surface area contributed by atoms with Crippen molar-refractivity contribution >= 4 is 33.6 Å². The van der Waals surface area contributed by atoms with Crippen molar-refractivity contribution in [3.63, 3.8) is 0 Å². The van der Waals surface area contributed by atoms with E-state index in [1.165, 1.54) is 0 Å². The minimum absolute atomic E-state index is 0.0206. The average molecular weight is 330 g/mol. The van der Waals surface area contributed by atoms with E-state index in [2.05, 4.69) is 50.4 Å². The summed E-state index contributed by atoms with van der Waals surface area (Å²) in [5, 5.41) is 5.75. The lowest BCUT2D eigenvalue weighted by Gasteiger charge is -2.19. The molecule has 106 valence electrons. The number of hydrogen-bond donors (Lipinski definition) is 2. The highest BCUT2D eigenvalue weighted by Gasteiger charge is 2.13. The van der Waals surface area contributed by atoms with E-state index in [1.54, 1.807) is 18.1 Å². The standard InChI is InChI=1S/C12H20BrN5O/c1-8(2)5-15-10(19)7-18(4)11-9(13)6-16-12(14-3)17-11/h6,8H,5,7H2,1-4H3,(H,15,19)(H,14,16,17). The fourth-order valence-electron chi connectivity index (χ4n) is 1.41. The van der Waals surface area contributed by atoms with Crippen LogP contribution in [0.1, 0.15) is 13.8 Å². The van der Waals surface area contributed by atoms with Gasteiger partial charge in [0, 0.05) is 26.8 Å². The van der Waals surface area contributed by atoms with Crippen molar-refractivity contribution in [2.45, 2.75) is 13.8 Å². The zero-order valence-electron chi connectivity index (χ0n) is 11.7. The molecular formula is C12H20BrN5O. The van der Waals surface area contributed by atoms with Crippen molar-refractivity contribution in [3.8, 4) is 0 Å². The van der Waals surface area contributed by atoms with Crippen LogP contribution >= 0.6 is 15.9 Å². The maximum atomic E-state index is 11.8. The van der Waals surface area contributed by atoms with Gasteiger partial charge in [-0.3, -0.25) is 4.79 Å². The van der Waals surface area contributed by atoms with Gasteiger partial charge in [0.05, 0.1) is 11.0 Å². The first-order chi connectivity index (χ1) is 8.93. The number of carbonyl (C=O) groups excluding carboxylic acids is 1. The molecule has 0 aromatic carbocycles. The maximum absolute atomic E-state index is 11.8. The molecule has 0 aliphatic carbocycles. The Hall–Kier alpha value is -1.37. The monoisotopic (exact) mass is 329 g/mol. The van der Waals surface area contributed by atoms with Crippen LogP contribution in [-0.4, -0.2) is 43.1 Å². The highest BCUT2D eigenvalue weighted by atomic mass is 79.9. The van der Waals surface area contributed by atoms with Crippen LogP contribution < -0.4 is 15.5 Å². The average Bonchev–Trinajstić information content (AvgIpc) is 2.36. The van der Waals surface area contributed by atoms with Gasteiger partial charge in [0.1, 0.15) is 5.82 Å². The number of likely N-dealkylation sites (N-methyl/N-ethyl adjacent to an activating group) is 1. The predicted octanol–water partition coefficient (Wildman–Crippen LogP) is 1.49. The summed E-state index contributed by atoms with van der Waals surface area (Å²) in [5.41, 5.74) is 0. The van der Waals surface area contributed by atoms with E-state index >= 15 is 0 Å². The minimum Gasteiger partial charge on any atom is -0.357 e. The van der Waals surface area contributed by atoms with Gasteiger partial charge in [0.15, 0.2) is 0 Å². The normalized spacial score (nSPS) is 10.4. The fourth-order valence-corrected chi connectivity index (χ4v) is 1.90. The number of anilines is 2. The Bertz CT molecular complexity index is 438. The van der Waals surface area contributed by atoms with Crippen LogP contribution in [0.4, 0.5) is 11.8 Å². The zero-order valence-corrected chi connectivity index (χ0v) is 13.3.